The molecule has 6 nitrogen and oxygen atoms in total. The summed E-state index contributed by atoms with van der Waals surface area (Å²) in [4.78, 5) is 12.7. The molecular formula is C13H16N4O2. The van der Waals surface area contributed by atoms with Gasteiger partial charge in [0.25, 0.3) is 5.69 Å². The Morgan fingerprint density at radius 1 is 1.53 bits per heavy atom. The predicted octanol–water partition coefficient (Wildman–Crippen LogP) is 1.78. The van der Waals surface area contributed by atoms with Crippen molar-refractivity contribution in [1.82, 2.24) is 0 Å². The molecule has 6 heteroatoms. The Labute approximate surface area is 111 Å². The minimum Gasteiger partial charge on any atom is -0.362 e. The Balaban J connectivity index is 2.43. The maximum Gasteiger partial charge on any atom is 0.293 e. The summed E-state index contributed by atoms with van der Waals surface area (Å²) in [7, 11) is 0. The molecule has 100 valence electrons. The first-order valence-corrected chi connectivity index (χ1v) is 6.32. The number of nitro benzene ring substituents is 1. The monoisotopic (exact) mass is 260 g/mol. The van der Waals surface area contributed by atoms with Crippen LogP contribution in [0.2, 0.25) is 0 Å². The number of nitrogens with zero attached hydrogens (tertiary/aromatic N) is 3. The Kier molecular flexibility index (Phi) is 3.97. The molecule has 0 radical (unpaired) electrons. The van der Waals surface area contributed by atoms with E-state index in [1.165, 1.54) is 6.07 Å². The van der Waals surface area contributed by atoms with Gasteiger partial charge in [0.05, 0.1) is 16.6 Å². The molecule has 1 aromatic carbocycles. The predicted molar refractivity (Wildman–Crippen MR) is 71.9 cm³/mol. The van der Waals surface area contributed by atoms with Crippen LogP contribution in [-0.2, 0) is 0 Å². The fraction of sp³-hybridized carbons (Fsp3) is 0.462. The van der Waals surface area contributed by atoms with Crippen molar-refractivity contribution < 1.29 is 4.92 Å². The first-order chi connectivity index (χ1) is 9.17. The van der Waals surface area contributed by atoms with E-state index in [9.17, 15) is 10.1 Å². The molecule has 0 saturated carbocycles. The molecule has 1 aliphatic heterocycles. The van der Waals surface area contributed by atoms with Gasteiger partial charge in [0.15, 0.2) is 0 Å². The highest BCUT2D eigenvalue weighted by Gasteiger charge is 2.27. The second-order valence-electron chi connectivity index (χ2n) is 4.65. The topological polar surface area (TPSA) is 96.2 Å². The molecule has 1 aromatic rings. The largest absolute Gasteiger partial charge is 0.362 e. The number of rotatable bonds is 3. The summed E-state index contributed by atoms with van der Waals surface area (Å²) in [5, 5.41) is 20.0. The maximum absolute atomic E-state index is 11.2. The van der Waals surface area contributed by atoms with E-state index < -0.39 is 4.92 Å². The van der Waals surface area contributed by atoms with Crippen LogP contribution in [0, 0.1) is 21.4 Å². The summed E-state index contributed by atoms with van der Waals surface area (Å²) in [5.74, 6) is 0. The lowest BCUT2D eigenvalue weighted by atomic mass is 10.0. The highest BCUT2D eigenvalue weighted by Crippen LogP contribution is 2.33. The molecule has 2 rings (SSSR count). The van der Waals surface area contributed by atoms with Crippen LogP contribution in [0.3, 0.4) is 0 Å². The van der Waals surface area contributed by atoms with Crippen molar-refractivity contribution in [3.05, 3.63) is 33.9 Å². The van der Waals surface area contributed by atoms with Gasteiger partial charge in [0.2, 0.25) is 0 Å². The summed E-state index contributed by atoms with van der Waals surface area (Å²) in [5.41, 5.74) is 6.61. The van der Waals surface area contributed by atoms with E-state index >= 15 is 0 Å². The number of nitro groups is 1. The minimum atomic E-state index is -0.432. The Hall–Kier alpha value is -2.13. The SMILES string of the molecule is N#Cc1ccc(N2CCCCC2CN)c([N+](=O)[O-])c1. The fourth-order valence-electron chi connectivity index (χ4n) is 2.54. The van der Waals surface area contributed by atoms with E-state index in [1.54, 1.807) is 12.1 Å². The smallest absolute Gasteiger partial charge is 0.293 e. The van der Waals surface area contributed by atoms with Gasteiger partial charge in [-0.15, -0.1) is 0 Å². The van der Waals surface area contributed by atoms with E-state index in [-0.39, 0.29) is 11.7 Å². The van der Waals surface area contributed by atoms with Gasteiger partial charge in [0.1, 0.15) is 5.69 Å². The zero-order chi connectivity index (χ0) is 13.8. The van der Waals surface area contributed by atoms with Crippen LogP contribution in [0.15, 0.2) is 18.2 Å². The third kappa shape index (κ3) is 2.66. The standard InChI is InChI=1S/C13H16N4O2/c14-8-10-4-5-12(13(7-10)17(18)19)16-6-2-1-3-11(16)9-15/h4-5,7,11H,1-3,6,9,15H2. The molecule has 0 aromatic heterocycles. The van der Waals surface area contributed by atoms with Crippen molar-refractivity contribution in [3.8, 4) is 6.07 Å². The van der Waals surface area contributed by atoms with Crippen LogP contribution in [0.25, 0.3) is 0 Å². The van der Waals surface area contributed by atoms with Crippen LogP contribution in [-0.4, -0.2) is 24.1 Å². The number of benzene rings is 1. The van der Waals surface area contributed by atoms with Crippen molar-refractivity contribution in [2.75, 3.05) is 18.0 Å². The average molecular weight is 260 g/mol. The number of hydrogen-bond donors (Lipinski definition) is 1. The lowest BCUT2D eigenvalue weighted by molar-refractivity contribution is -0.384. The molecule has 0 aliphatic carbocycles. The summed E-state index contributed by atoms with van der Waals surface area (Å²) < 4.78 is 0. The molecule has 0 spiro atoms. The molecular weight excluding hydrogens is 244 g/mol. The Morgan fingerprint density at radius 3 is 2.95 bits per heavy atom. The first-order valence-electron chi connectivity index (χ1n) is 6.32. The molecule has 1 heterocycles. The van der Waals surface area contributed by atoms with Crippen molar-refractivity contribution >= 4 is 11.4 Å². The zero-order valence-electron chi connectivity index (χ0n) is 10.6. The van der Waals surface area contributed by atoms with Crippen LogP contribution in [0.4, 0.5) is 11.4 Å². The number of nitrogens with two attached hydrogens (primary N) is 1. The van der Waals surface area contributed by atoms with E-state index in [2.05, 4.69) is 0 Å². The first kappa shape index (κ1) is 13.3. The molecule has 0 amide bonds. The molecule has 1 atom stereocenters. The van der Waals surface area contributed by atoms with Gasteiger partial charge in [-0.2, -0.15) is 5.26 Å². The van der Waals surface area contributed by atoms with Gasteiger partial charge in [-0.25, -0.2) is 0 Å². The van der Waals surface area contributed by atoms with Gasteiger partial charge < -0.3 is 10.6 Å². The number of anilines is 1. The molecule has 1 aliphatic rings. The lowest BCUT2D eigenvalue weighted by Gasteiger charge is -2.36. The van der Waals surface area contributed by atoms with Crippen LogP contribution >= 0.6 is 0 Å². The van der Waals surface area contributed by atoms with Gasteiger partial charge in [-0.1, -0.05) is 0 Å². The lowest BCUT2D eigenvalue weighted by Crippen LogP contribution is -2.44. The summed E-state index contributed by atoms with van der Waals surface area (Å²) in [6.07, 6.45) is 3.06. The zero-order valence-corrected chi connectivity index (χ0v) is 10.6. The van der Waals surface area contributed by atoms with Gasteiger partial charge in [-0.05, 0) is 31.4 Å². The molecule has 1 saturated heterocycles. The average Bonchev–Trinajstić information content (AvgIpc) is 2.46. The second kappa shape index (κ2) is 5.67. The van der Waals surface area contributed by atoms with Gasteiger partial charge >= 0.3 is 0 Å². The minimum absolute atomic E-state index is 0.0144. The quantitative estimate of drug-likeness (QED) is 0.660. The number of nitriles is 1. The number of hydrogen-bond acceptors (Lipinski definition) is 5. The highest BCUT2D eigenvalue weighted by atomic mass is 16.6. The molecule has 2 N–H and O–H groups in total. The van der Waals surface area contributed by atoms with Crippen molar-refractivity contribution in [2.24, 2.45) is 5.73 Å². The third-order valence-corrected chi connectivity index (χ3v) is 3.51. The van der Waals surface area contributed by atoms with E-state index in [1.807, 2.05) is 11.0 Å². The normalized spacial score (nSPS) is 18.9. The van der Waals surface area contributed by atoms with Gasteiger partial charge in [0, 0.05) is 25.2 Å². The molecule has 19 heavy (non-hydrogen) atoms. The maximum atomic E-state index is 11.2. The van der Waals surface area contributed by atoms with E-state index in [4.69, 9.17) is 11.0 Å². The molecule has 1 unspecified atom stereocenters. The molecule has 1 fully saturated rings. The summed E-state index contributed by atoms with van der Waals surface area (Å²) in [6, 6.07) is 6.67. The third-order valence-electron chi connectivity index (χ3n) is 3.51. The second-order valence-corrected chi connectivity index (χ2v) is 4.65. The van der Waals surface area contributed by atoms with E-state index in [0.717, 1.165) is 25.8 Å². The van der Waals surface area contributed by atoms with Crippen molar-refractivity contribution in [2.45, 2.75) is 25.3 Å². The van der Waals surface area contributed by atoms with Gasteiger partial charge in [-0.3, -0.25) is 10.1 Å². The number of piperidine rings is 1. The van der Waals surface area contributed by atoms with E-state index in [0.29, 0.717) is 17.8 Å². The highest BCUT2D eigenvalue weighted by molar-refractivity contribution is 5.66. The van der Waals surface area contributed by atoms with Crippen molar-refractivity contribution in [3.63, 3.8) is 0 Å². The van der Waals surface area contributed by atoms with Crippen LogP contribution < -0.4 is 10.6 Å². The Morgan fingerprint density at radius 2 is 2.32 bits per heavy atom. The molecule has 0 bridgehead atoms. The Bertz CT molecular complexity index is 524. The van der Waals surface area contributed by atoms with Crippen molar-refractivity contribution in [1.29, 1.82) is 5.26 Å². The summed E-state index contributed by atoms with van der Waals surface area (Å²) in [6.45, 7) is 1.26. The van der Waals surface area contributed by atoms with Crippen LogP contribution in [0.1, 0.15) is 24.8 Å². The fourth-order valence-corrected chi connectivity index (χ4v) is 2.54. The summed E-state index contributed by atoms with van der Waals surface area (Å²) >= 11 is 0. The van der Waals surface area contributed by atoms with Crippen LogP contribution in [0.5, 0.6) is 0 Å².